The van der Waals surface area contributed by atoms with Crippen molar-refractivity contribution in [3.8, 4) is 5.88 Å². The van der Waals surface area contributed by atoms with Crippen LogP contribution in [0.5, 0.6) is 5.88 Å². The first kappa shape index (κ1) is 12.2. The van der Waals surface area contributed by atoms with Crippen LogP contribution < -0.4 is 11.2 Å². The van der Waals surface area contributed by atoms with Gasteiger partial charge in [-0.1, -0.05) is 0 Å². The number of aromatic hydroxyl groups is 1. The average Bonchev–Trinajstić information content (AvgIpc) is 2.87. The molecule has 9 heteroatoms. The molecule has 0 unspecified atom stereocenters. The summed E-state index contributed by atoms with van der Waals surface area (Å²) in [5, 5.41) is 19.1. The highest BCUT2D eigenvalue weighted by Gasteiger charge is 2.14. The maximum Gasteiger partial charge on any atom is 0.333 e. The van der Waals surface area contributed by atoms with Crippen LogP contribution in [0.15, 0.2) is 31.4 Å². The molecular formula is C9H9N5O3S. The van der Waals surface area contributed by atoms with Crippen LogP contribution >= 0.6 is 11.3 Å². The molecule has 8 nitrogen and oxygen atoms in total. The monoisotopic (exact) mass is 267 g/mol. The number of hydrogen-bond acceptors (Lipinski definition) is 7. The van der Waals surface area contributed by atoms with Crippen LogP contribution in [0.3, 0.4) is 0 Å². The smallest absolute Gasteiger partial charge is 0.333 e. The molecule has 1 N–H and O–H groups in total. The summed E-state index contributed by atoms with van der Waals surface area (Å²) in [4.78, 5) is 27.1. The van der Waals surface area contributed by atoms with E-state index in [4.69, 9.17) is 0 Å². The molecule has 2 aromatic heterocycles. The zero-order valence-electron chi connectivity index (χ0n) is 9.56. The van der Waals surface area contributed by atoms with E-state index in [1.54, 1.807) is 5.38 Å². The lowest BCUT2D eigenvalue weighted by Crippen LogP contribution is -2.36. The summed E-state index contributed by atoms with van der Waals surface area (Å²) in [5.41, 5.74) is -1.64. The molecule has 2 heterocycles. The number of azo groups is 1. The number of hydrogen-bond donors (Lipinski definition) is 1. The number of thiazole rings is 1. The predicted octanol–water partition coefficient (Wildman–Crippen LogP) is 0.661. The van der Waals surface area contributed by atoms with Crippen molar-refractivity contribution in [1.29, 1.82) is 0 Å². The molecule has 0 spiro atoms. The van der Waals surface area contributed by atoms with Gasteiger partial charge in [-0.3, -0.25) is 13.9 Å². The van der Waals surface area contributed by atoms with E-state index in [2.05, 4.69) is 15.2 Å². The standard InChI is InChI=1S/C9H9N5O3S/c1-13-6(15)5(7(16)14(2)9(13)17)11-12-8-10-3-4-18-8/h3-4,15H,1-2H3. The van der Waals surface area contributed by atoms with Gasteiger partial charge < -0.3 is 5.11 Å². The lowest BCUT2D eigenvalue weighted by atomic mass is 10.5. The minimum absolute atomic E-state index is 0.296. The summed E-state index contributed by atoms with van der Waals surface area (Å²) in [5.74, 6) is -0.525. The topological polar surface area (TPSA) is 102 Å². The molecule has 0 saturated heterocycles. The fourth-order valence-electron chi connectivity index (χ4n) is 1.26. The SMILES string of the molecule is Cn1c(O)c(N=Nc2nccs2)c(=O)n(C)c1=O. The maximum atomic E-state index is 11.7. The molecule has 94 valence electrons. The maximum absolute atomic E-state index is 11.7. The summed E-state index contributed by atoms with van der Waals surface area (Å²) >= 11 is 1.23. The molecule has 0 bridgehead atoms. The summed E-state index contributed by atoms with van der Waals surface area (Å²) in [7, 11) is 2.63. The third-order valence-electron chi connectivity index (χ3n) is 2.27. The van der Waals surface area contributed by atoms with Gasteiger partial charge in [-0.05, 0) is 0 Å². The Balaban J connectivity index is 2.59. The Labute approximate surface area is 105 Å². The van der Waals surface area contributed by atoms with Crippen molar-refractivity contribution in [3.05, 3.63) is 32.4 Å². The fraction of sp³-hybridized carbons (Fsp3) is 0.222. The lowest BCUT2D eigenvalue weighted by Gasteiger charge is -2.05. The first-order chi connectivity index (χ1) is 8.52. The Kier molecular flexibility index (Phi) is 3.06. The number of rotatable bonds is 2. The quantitative estimate of drug-likeness (QED) is 0.807. The van der Waals surface area contributed by atoms with Crippen LogP contribution in [-0.2, 0) is 14.1 Å². The molecule has 0 aliphatic heterocycles. The summed E-state index contributed by atoms with van der Waals surface area (Å²) < 4.78 is 1.76. The Morgan fingerprint density at radius 3 is 2.61 bits per heavy atom. The third kappa shape index (κ3) is 1.95. The van der Waals surface area contributed by atoms with Crippen molar-refractivity contribution in [2.45, 2.75) is 0 Å². The van der Waals surface area contributed by atoms with Crippen molar-refractivity contribution >= 4 is 22.2 Å². The van der Waals surface area contributed by atoms with E-state index in [0.29, 0.717) is 5.13 Å². The summed E-state index contributed by atoms with van der Waals surface area (Å²) in [6.45, 7) is 0. The number of aromatic nitrogens is 3. The molecule has 0 saturated carbocycles. The van der Waals surface area contributed by atoms with E-state index in [9.17, 15) is 14.7 Å². The van der Waals surface area contributed by atoms with Gasteiger partial charge in [0.05, 0.1) is 0 Å². The second kappa shape index (κ2) is 4.53. The molecule has 0 amide bonds. The first-order valence-corrected chi connectivity index (χ1v) is 5.70. The average molecular weight is 267 g/mol. The minimum Gasteiger partial charge on any atom is -0.493 e. The van der Waals surface area contributed by atoms with Gasteiger partial charge in [-0.2, -0.15) is 0 Å². The molecule has 2 rings (SSSR count). The van der Waals surface area contributed by atoms with Gasteiger partial charge in [0, 0.05) is 25.7 Å². The van der Waals surface area contributed by atoms with E-state index in [-0.39, 0.29) is 5.69 Å². The highest BCUT2D eigenvalue weighted by atomic mass is 32.1. The van der Waals surface area contributed by atoms with Crippen LogP contribution in [0.25, 0.3) is 0 Å². The van der Waals surface area contributed by atoms with Crippen LogP contribution in [-0.4, -0.2) is 19.2 Å². The van der Waals surface area contributed by atoms with Crippen LogP contribution in [0.4, 0.5) is 10.8 Å². The van der Waals surface area contributed by atoms with Gasteiger partial charge in [-0.25, -0.2) is 9.78 Å². The van der Waals surface area contributed by atoms with E-state index < -0.39 is 17.1 Å². The molecule has 2 aromatic rings. The molecule has 0 aliphatic carbocycles. The van der Waals surface area contributed by atoms with E-state index >= 15 is 0 Å². The largest absolute Gasteiger partial charge is 0.493 e. The first-order valence-electron chi connectivity index (χ1n) is 4.82. The van der Waals surface area contributed by atoms with Crippen molar-refractivity contribution in [3.63, 3.8) is 0 Å². The van der Waals surface area contributed by atoms with Crippen LogP contribution in [0.2, 0.25) is 0 Å². The molecule has 0 atom stereocenters. The Bertz CT molecular complexity index is 713. The molecule has 0 aromatic carbocycles. The third-order valence-corrected chi connectivity index (χ3v) is 2.92. The second-order valence-electron chi connectivity index (χ2n) is 3.39. The van der Waals surface area contributed by atoms with Crippen molar-refractivity contribution in [2.24, 2.45) is 24.3 Å². The molecule has 0 radical (unpaired) electrons. The molecule has 0 aliphatic rings. The summed E-state index contributed by atoms with van der Waals surface area (Å²) in [6.07, 6.45) is 1.54. The lowest BCUT2D eigenvalue weighted by molar-refractivity contribution is 0.413. The summed E-state index contributed by atoms with van der Waals surface area (Å²) in [6, 6.07) is 0. The Morgan fingerprint density at radius 2 is 2.00 bits per heavy atom. The van der Waals surface area contributed by atoms with Gasteiger partial charge in [0.2, 0.25) is 16.7 Å². The fourth-order valence-corrected chi connectivity index (χ4v) is 1.71. The Hall–Kier alpha value is -2.29. The zero-order chi connectivity index (χ0) is 13.3. The van der Waals surface area contributed by atoms with Gasteiger partial charge in [0.1, 0.15) is 0 Å². The highest BCUT2D eigenvalue weighted by Crippen LogP contribution is 2.22. The van der Waals surface area contributed by atoms with Gasteiger partial charge in [-0.15, -0.1) is 21.6 Å². The van der Waals surface area contributed by atoms with E-state index in [0.717, 1.165) is 9.13 Å². The van der Waals surface area contributed by atoms with Crippen LogP contribution in [0, 0.1) is 0 Å². The van der Waals surface area contributed by atoms with Gasteiger partial charge in [0.15, 0.2) is 0 Å². The van der Waals surface area contributed by atoms with E-state index in [1.165, 1.54) is 31.6 Å². The second-order valence-corrected chi connectivity index (χ2v) is 4.27. The molecular weight excluding hydrogens is 258 g/mol. The van der Waals surface area contributed by atoms with Gasteiger partial charge in [0.25, 0.3) is 5.56 Å². The van der Waals surface area contributed by atoms with E-state index in [1.807, 2.05) is 0 Å². The van der Waals surface area contributed by atoms with Crippen molar-refractivity contribution < 1.29 is 5.11 Å². The zero-order valence-corrected chi connectivity index (χ0v) is 10.4. The number of nitrogens with zero attached hydrogens (tertiary/aromatic N) is 5. The Morgan fingerprint density at radius 1 is 1.28 bits per heavy atom. The molecule has 0 fully saturated rings. The van der Waals surface area contributed by atoms with Crippen LogP contribution in [0.1, 0.15) is 0 Å². The van der Waals surface area contributed by atoms with Gasteiger partial charge >= 0.3 is 5.69 Å². The molecule has 18 heavy (non-hydrogen) atoms. The normalized spacial score (nSPS) is 11.2. The van der Waals surface area contributed by atoms with Crippen molar-refractivity contribution in [2.75, 3.05) is 0 Å². The predicted molar refractivity (Wildman–Crippen MR) is 64.9 cm³/mol. The van der Waals surface area contributed by atoms with Crippen molar-refractivity contribution in [1.82, 2.24) is 14.1 Å². The highest BCUT2D eigenvalue weighted by molar-refractivity contribution is 7.13. The minimum atomic E-state index is -0.712.